The Bertz CT molecular complexity index is 964. The van der Waals surface area contributed by atoms with E-state index in [4.69, 9.17) is 33.7 Å². The number of nitrogens with two attached hydrogens (primary N) is 1. The first kappa shape index (κ1) is 20.0. The van der Waals surface area contributed by atoms with Crippen LogP contribution in [0.15, 0.2) is 36.4 Å². The van der Waals surface area contributed by atoms with E-state index in [9.17, 15) is 14.4 Å². The summed E-state index contributed by atoms with van der Waals surface area (Å²) in [6.45, 7) is 1.21. The van der Waals surface area contributed by atoms with Crippen molar-refractivity contribution in [1.82, 2.24) is 0 Å². The molecule has 1 aliphatic rings. The van der Waals surface area contributed by atoms with Gasteiger partial charge in [0.15, 0.2) is 6.61 Å². The third-order valence-electron chi connectivity index (χ3n) is 4.27. The molecule has 0 saturated heterocycles. The molecule has 2 amide bonds. The zero-order valence-corrected chi connectivity index (χ0v) is 16.4. The lowest BCUT2D eigenvalue weighted by molar-refractivity contribution is -0.122. The molecule has 7 nitrogen and oxygen atoms in total. The molecule has 0 aliphatic carbocycles. The number of rotatable bonds is 3. The molecule has 0 bridgehead atoms. The van der Waals surface area contributed by atoms with Gasteiger partial charge in [0.1, 0.15) is 0 Å². The van der Waals surface area contributed by atoms with Crippen molar-refractivity contribution in [3.05, 3.63) is 52.0 Å². The van der Waals surface area contributed by atoms with Crippen LogP contribution in [0.5, 0.6) is 0 Å². The quantitative estimate of drug-likeness (QED) is 0.583. The molecule has 9 heteroatoms. The fourth-order valence-corrected chi connectivity index (χ4v) is 3.49. The summed E-state index contributed by atoms with van der Waals surface area (Å²) in [5, 5.41) is 3.10. The summed E-state index contributed by atoms with van der Waals surface area (Å²) in [5.41, 5.74) is 6.84. The van der Waals surface area contributed by atoms with Crippen LogP contribution in [0, 0.1) is 0 Å². The number of esters is 1. The molecular formula is C19H17Cl2N3O4. The fraction of sp³-hybridized carbons (Fsp3) is 0.211. The molecular weight excluding hydrogens is 405 g/mol. The molecule has 28 heavy (non-hydrogen) atoms. The van der Waals surface area contributed by atoms with Gasteiger partial charge in [-0.25, -0.2) is 4.79 Å². The summed E-state index contributed by atoms with van der Waals surface area (Å²) in [6.07, 6.45) is 0.116. The zero-order chi connectivity index (χ0) is 20.4. The molecule has 0 spiro atoms. The fourth-order valence-electron chi connectivity index (χ4n) is 3.00. The number of ether oxygens (including phenoxy) is 1. The molecule has 1 aliphatic heterocycles. The minimum atomic E-state index is -0.819. The number of nitrogen functional groups attached to an aromatic ring is 1. The first-order chi connectivity index (χ1) is 13.3. The van der Waals surface area contributed by atoms with Crippen molar-refractivity contribution in [1.29, 1.82) is 0 Å². The number of fused-ring (bicyclic) bond motifs is 1. The highest BCUT2D eigenvalue weighted by Crippen LogP contribution is 2.32. The van der Waals surface area contributed by atoms with Gasteiger partial charge in [0.2, 0.25) is 5.91 Å². The molecule has 0 unspecified atom stereocenters. The number of hydrogen-bond acceptors (Lipinski definition) is 5. The number of para-hydroxylation sites is 2. The van der Waals surface area contributed by atoms with E-state index >= 15 is 0 Å². The molecule has 0 aromatic heterocycles. The summed E-state index contributed by atoms with van der Waals surface area (Å²) in [7, 11) is 0. The molecule has 3 rings (SSSR count). The minimum Gasteiger partial charge on any atom is -0.452 e. The Kier molecular flexibility index (Phi) is 5.76. The topological polar surface area (TPSA) is 102 Å². The minimum absolute atomic E-state index is 0.0202. The van der Waals surface area contributed by atoms with Gasteiger partial charge >= 0.3 is 5.97 Å². The number of nitrogens with one attached hydrogen (secondary N) is 1. The van der Waals surface area contributed by atoms with Gasteiger partial charge in [0.05, 0.1) is 27.6 Å². The average molecular weight is 422 g/mol. The summed E-state index contributed by atoms with van der Waals surface area (Å²) >= 11 is 11.8. The lowest BCUT2D eigenvalue weighted by Gasteiger charge is -2.27. The largest absolute Gasteiger partial charge is 0.452 e. The highest BCUT2D eigenvalue weighted by atomic mass is 35.5. The molecule has 146 valence electrons. The first-order valence-corrected chi connectivity index (χ1v) is 9.16. The number of benzene rings is 2. The molecule has 0 saturated carbocycles. The van der Waals surface area contributed by atoms with Crippen molar-refractivity contribution < 1.29 is 19.1 Å². The number of halogens is 2. The number of hydrogen-bond donors (Lipinski definition) is 2. The monoisotopic (exact) mass is 421 g/mol. The lowest BCUT2D eigenvalue weighted by atomic mass is 10.1. The van der Waals surface area contributed by atoms with Gasteiger partial charge < -0.3 is 20.7 Å². The second-order valence-corrected chi connectivity index (χ2v) is 7.15. The van der Waals surface area contributed by atoms with E-state index in [0.717, 1.165) is 0 Å². The van der Waals surface area contributed by atoms with Crippen LogP contribution in [-0.2, 0) is 14.3 Å². The molecule has 0 fully saturated rings. The van der Waals surface area contributed by atoms with Crippen molar-refractivity contribution in [2.75, 3.05) is 22.6 Å². The van der Waals surface area contributed by atoms with Gasteiger partial charge in [0, 0.05) is 17.5 Å². The lowest BCUT2D eigenvalue weighted by Crippen LogP contribution is -2.41. The smallest absolute Gasteiger partial charge is 0.340 e. The van der Waals surface area contributed by atoms with Crippen molar-refractivity contribution in [3.63, 3.8) is 0 Å². The van der Waals surface area contributed by atoms with E-state index in [0.29, 0.717) is 11.4 Å². The van der Waals surface area contributed by atoms with Gasteiger partial charge in [-0.1, -0.05) is 35.3 Å². The standard InChI is InChI=1S/C19H17Cl2N3O4/c1-10-6-16(25)23-14-4-2-3-5-15(14)24(10)17(26)9-28-19(27)12-7-11(20)8-13(21)18(12)22/h2-5,7-8,10H,6,9,22H2,1H3,(H,23,25)/t10-/m0/s1. The highest BCUT2D eigenvalue weighted by molar-refractivity contribution is 6.37. The normalized spacial score (nSPS) is 16.0. The molecule has 1 heterocycles. The Morgan fingerprint density at radius 3 is 2.75 bits per heavy atom. The molecule has 1 atom stereocenters. The van der Waals surface area contributed by atoms with E-state index in [1.54, 1.807) is 31.2 Å². The number of carbonyl (C=O) groups excluding carboxylic acids is 3. The Balaban J connectivity index is 1.79. The van der Waals surface area contributed by atoms with Crippen molar-refractivity contribution in [2.45, 2.75) is 19.4 Å². The predicted octanol–water partition coefficient (Wildman–Crippen LogP) is 3.50. The Labute approximate surface area is 171 Å². The SMILES string of the molecule is C[C@H]1CC(=O)Nc2ccccc2N1C(=O)COC(=O)c1cc(Cl)cc(Cl)c1N. The van der Waals surface area contributed by atoms with Gasteiger partial charge in [-0.3, -0.25) is 9.59 Å². The average Bonchev–Trinajstić information content (AvgIpc) is 2.76. The third-order valence-corrected chi connectivity index (χ3v) is 4.80. The number of amides is 2. The number of anilines is 3. The maximum atomic E-state index is 12.8. The first-order valence-electron chi connectivity index (χ1n) is 8.40. The Morgan fingerprint density at radius 2 is 2.00 bits per heavy atom. The van der Waals surface area contributed by atoms with Crippen LogP contribution in [0.4, 0.5) is 17.1 Å². The van der Waals surface area contributed by atoms with Crippen LogP contribution in [0.1, 0.15) is 23.7 Å². The van der Waals surface area contributed by atoms with Gasteiger partial charge in [0.25, 0.3) is 5.91 Å². The Morgan fingerprint density at radius 1 is 1.29 bits per heavy atom. The van der Waals surface area contributed by atoms with Gasteiger partial charge in [-0.2, -0.15) is 0 Å². The second kappa shape index (κ2) is 8.08. The van der Waals surface area contributed by atoms with Crippen molar-refractivity contribution in [2.24, 2.45) is 0 Å². The van der Waals surface area contributed by atoms with E-state index in [1.165, 1.54) is 17.0 Å². The molecule has 2 aromatic rings. The summed E-state index contributed by atoms with van der Waals surface area (Å²) in [4.78, 5) is 38.6. The highest BCUT2D eigenvalue weighted by Gasteiger charge is 2.30. The summed E-state index contributed by atoms with van der Waals surface area (Å²) < 4.78 is 5.13. The van der Waals surface area contributed by atoms with Gasteiger partial charge in [-0.15, -0.1) is 0 Å². The number of nitrogens with zero attached hydrogens (tertiary/aromatic N) is 1. The molecule has 3 N–H and O–H groups in total. The maximum Gasteiger partial charge on any atom is 0.340 e. The third kappa shape index (κ3) is 4.05. The van der Waals surface area contributed by atoms with Crippen LogP contribution in [0.2, 0.25) is 10.0 Å². The zero-order valence-electron chi connectivity index (χ0n) is 14.9. The predicted molar refractivity (Wildman–Crippen MR) is 108 cm³/mol. The van der Waals surface area contributed by atoms with Gasteiger partial charge in [-0.05, 0) is 31.2 Å². The second-order valence-electron chi connectivity index (χ2n) is 6.31. The van der Waals surface area contributed by atoms with Crippen molar-refractivity contribution >= 4 is 58.0 Å². The van der Waals surface area contributed by atoms with Crippen LogP contribution in [-0.4, -0.2) is 30.4 Å². The Hall–Kier alpha value is -2.77. The van der Waals surface area contributed by atoms with E-state index in [1.807, 2.05) is 0 Å². The number of carbonyl (C=O) groups is 3. The molecule has 2 aromatic carbocycles. The van der Waals surface area contributed by atoms with Crippen LogP contribution >= 0.6 is 23.2 Å². The maximum absolute atomic E-state index is 12.8. The van der Waals surface area contributed by atoms with Crippen LogP contribution in [0.3, 0.4) is 0 Å². The van der Waals surface area contributed by atoms with Crippen LogP contribution < -0.4 is 16.0 Å². The van der Waals surface area contributed by atoms with E-state index in [-0.39, 0.29) is 33.6 Å². The van der Waals surface area contributed by atoms with Crippen LogP contribution in [0.25, 0.3) is 0 Å². The van der Waals surface area contributed by atoms with E-state index in [2.05, 4.69) is 5.32 Å². The van der Waals surface area contributed by atoms with E-state index < -0.39 is 24.5 Å². The summed E-state index contributed by atoms with van der Waals surface area (Å²) in [6, 6.07) is 9.23. The van der Waals surface area contributed by atoms with Crippen molar-refractivity contribution in [3.8, 4) is 0 Å². The molecule has 0 radical (unpaired) electrons. The summed E-state index contributed by atoms with van der Waals surface area (Å²) in [5.74, 6) is -1.50.